The molecule has 0 spiro atoms. The van der Waals surface area contributed by atoms with Crippen molar-refractivity contribution in [3.8, 4) is 17.1 Å². The molecule has 0 aliphatic rings. The molecule has 4 heteroatoms. The summed E-state index contributed by atoms with van der Waals surface area (Å²) < 4.78 is 0. The summed E-state index contributed by atoms with van der Waals surface area (Å²) in [6.07, 6.45) is 1.50. The summed E-state index contributed by atoms with van der Waals surface area (Å²) in [7, 11) is 0. The third-order valence-electron chi connectivity index (χ3n) is 1.53. The molecular formula is C8H6N3O. The summed E-state index contributed by atoms with van der Waals surface area (Å²) in [5.74, 6) is 0.601. The molecule has 0 bridgehead atoms. The summed E-state index contributed by atoms with van der Waals surface area (Å²) in [6, 6.07) is 6.38. The summed E-state index contributed by atoms with van der Waals surface area (Å²) in [5, 5.41) is 17.2. The lowest BCUT2D eigenvalue weighted by atomic mass is 10.2. The Labute approximate surface area is 68.9 Å². The molecule has 1 aromatic carbocycles. The maximum Gasteiger partial charge on any atom is 0.180 e. The second kappa shape index (κ2) is 2.65. The van der Waals surface area contributed by atoms with Crippen LogP contribution in [0.5, 0.6) is 5.75 Å². The third kappa shape index (κ3) is 1.14. The molecule has 0 aliphatic heterocycles. The molecule has 12 heavy (non-hydrogen) atoms. The van der Waals surface area contributed by atoms with Gasteiger partial charge < -0.3 is 0 Å². The smallest absolute Gasteiger partial charge is 0.180 e. The first-order valence-electron chi connectivity index (χ1n) is 3.49. The standard InChI is InChI=1S/C8H6N3O/c12-7-3-1-6(2-4-7)8-9-5-10-11-8/h1-5H,(H,9,10,11). The quantitative estimate of drug-likeness (QED) is 0.688. The van der Waals surface area contributed by atoms with Crippen LogP contribution in [-0.4, -0.2) is 15.2 Å². The first-order chi connectivity index (χ1) is 5.86. The Morgan fingerprint density at radius 1 is 1.17 bits per heavy atom. The van der Waals surface area contributed by atoms with Crippen LogP contribution in [0.3, 0.4) is 0 Å². The van der Waals surface area contributed by atoms with E-state index in [-0.39, 0.29) is 5.75 Å². The van der Waals surface area contributed by atoms with Crippen molar-refractivity contribution >= 4 is 0 Å². The molecule has 1 aromatic heterocycles. The number of H-pyrrole nitrogens is 1. The van der Waals surface area contributed by atoms with E-state index in [4.69, 9.17) is 0 Å². The van der Waals surface area contributed by atoms with Gasteiger partial charge in [-0.1, -0.05) is 0 Å². The van der Waals surface area contributed by atoms with Crippen molar-refractivity contribution in [2.24, 2.45) is 0 Å². The minimum absolute atomic E-state index is 0.00529. The largest absolute Gasteiger partial charge is 0.290 e. The van der Waals surface area contributed by atoms with E-state index in [1.165, 1.54) is 18.5 Å². The number of aromatic amines is 1. The number of rotatable bonds is 1. The van der Waals surface area contributed by atoms with Gasteiger partial charge in [0.2, 0.25) is 0 Å². The predicted molar refractivity (Wildman–Crippen MR) is 42.0 cm³/mol. The maximum atomic E-state index is 10.7. The zero-order valence-electron chi connectivity index (χ0n) is 6.19. The van der Waals surface area contributed by atoms with Crippen molar-refractivity contribution in [1.29, 1.82) is 0 Å². The third-order valence-corrected chi connectivity index (χ3v) is 1.53. The Bertz CT molecular complexity index is 352. The maximum absolute atomic E-state index is 10.7. The van der Waals surface area contributed by atoms with E-state index in [1.807, 2.05) is 0 Å². The van der Waals surface area contributed by atoms with Crippen LogP contribution in [0.25, 0.3) is 11.4 Å². The highest BCUT2D eigenvalue weighted by molar-refractivity contribution is 5.55. The molecule has 1 N–H and O–H groups in total. The van der Waals surface area contributed by atoms with Crippen molar-refractivity contribution < 1.29 is 5.11 Å². The van der Waals surface area contributed by atoms with Crippen LogP contribution in [0.2, 0.25) is 0 Å². The van der Waals surface area contributed by atoms with Crippen molar-refractivity contribution in [3.05, 3.63) is 30.6 Å². The van der Waals surface area contributed by atoms with Crippen molar-refractivity contribution in [1.82, 2.24) is 15.2 Å². The zero-order chi connectivity index (χ0) is 8.39. The van der Waals surface area contributed by atoms with Crippen LogP contribution >= 0.6 is 0 Å². The van der Waals surface area contributed by atoms with Crippen LogP contribution in [0, 0.1) is 0 Å². The second-order valence-corrected chi connectivity index (χ2v) is 2.35. The Morgan fingerprint density at radius 3 is 2.50 bits per heavy atom. The number of benzene rings is 1. The van der Waals surface area contributed by atoms with Crippen LogP contribution < -0.4 is 0 Å². The number of nitrogens with one attached hydrogen (secondary N) is 1. The lowest BCUT2D eigenvalue weighted by Gasteiger charge is -1.92. The zero-order valence-corrected chi connectivity index (χ0v) is 6.19. The van der Waals surface area contributed by atoms with Gasteiger partial charge in [-0.15, -0.1) is 0 Å². The minimum Gasteiger partial charge on any atom is -0.290 e. The van der Waals surface area contributed by atoms with Gasteiger partial charge in [0.05, 0.1) is 0 Å². The number of hydrogen-bond acceptors (Lipinski definition) is 2. The van der Waals surface area contributed by atoms with E-state index < -0.39 is 0 Å². The van der Waals surface area contributed by atoms with E-state index in [9.17, 15) is 5.11 Å². The van der Waals surface area contributed by atoms with E-state index in [1.54, 1.807) is 12.1 Å². The van der Waals surface area contributed by atoms with Crippen LogP contribution in [0.1, 0.15) is 0 Å². The molecular weight excluding hydrogens is 154 g/mol. The van der Waals surface area contributed by atoms with E-state index in [0.717, 1.165) is 5.56 Å². The van der Waals surface area contributed by atoms with Crippen molar-refractivity contribution in [3.63, 3.8) is 0 Å². The molecule has 59 valence electrons. The summed E-state index contributed by atoms with van der Waals surface area (Å²) in [5.41, 5.74) is 0.843. The fraction of sp³-hybridized carbons (Fsp3) is 0. The number of nitrogens with zero attached hydrogens (tertiary/aromatic N) is 2. The average Bonchev–Trinajstić information content (AvgIpc) is 2.58. The van der Waals surface area contributed by atoms with E-state index in [0.29, 0.717) is 5.82 Å². The highest BCUT2D eigenvalue weighted by Gasteiger charge is 2.00. The van der Waals surface area contributed by atoms with Gasteiger partial charge >= 0.3 is 0 Å². The molecule has 1 heterocycles. The fourth-order valence-electron chi connectivity index (χ4n) is 0.952. The normalized spacial score (nSPS) is 10.0. The molecule has 1 radical (unpaired) electrons. The molecule has 0 unspecified atom stereocenters. The van der Waals surface area contributed by atoms with Gasteiger partial charge in [-0.25, -0.2) is 4.98 Å². The summed E-state index contributed by atoms with van der Waals surface area (Å²) in [6.45, 7) is 0. The van der Waals surface area contributed by atoms with Crippen molar-refractivity contribution in [2.45, 2.75) is 0 Å². The van der Waals surface area contributed by atoms with Crippen LogP contribution in [-0.2, 0) is 5.11 Å². The fourth-order valence-corrected chi connectivity index (χ4v) is 0.952. The molecule has 4 nitrogen and oxygen atoms in total. The molecule has 2 aromatic rings. The van der Waals surface area contributed by atoms with E-state index in [2.05, 4.69) is 15.2 Å². The first-order valence-corrected chi connectivity index (χ1v) is 3.49. The molecule has 0 atom stereocenters. The molecule has 0 saturated heterocycles. The summed E-state index contributed by atoms with van der Waals surface area (Å²) >= 11 is 0. The van der Waals surface area contributed by atoms with Gasteiger partial charge in [0, 0.05) is 5.56 Å². The number of hydrogen-bond donors (Lipinski definition) is 1. The lowest BCUT2D eigenvalue weighted by Crippen LogP contribution is -1.78. The van der Waals surface area contributed by atoms with Crippen LogP contribution in [0.4, 0.5) is 0 Å². The highest BCUT2D eigenvalue weighted by Crippen LogP contribution is 2.17. The minimum atomic E-state index is -0.00529. The molecule has 2 rings (SSSR count). The monoisotopic (exact) mass is 160 g/mol. The van der Waals surface area contributed by atoms with Gasteiger partial charge in [-0.2, -0.15) is 5.10 Å². The van der Waals surface area contributed by atoms with Gasteiger partial charge in [-0.05, 0) is 24.3 Å². The Morgan fingerprint density at radius 2 is 1.92 bits per heavy atom. The topological polar surface area (TPSA) is 61.5 Å². The molecule has 0 saturated carbocycles. The highest BCUT2D eigenvalue weighted by atomic mass is 16.3. The van der Waals surface area contributed by atoms with Crippen molar-refractivity contribution in [2.75, 3.05) is 0 Å². The predicted octanol–water partition coefficient (Wildman–Crippen LogP) is 1.62. The Hall–Kier alpha value is -1.84. The molecule has 0 fully saturated rings. The van der Waals surface area contributed by atoms with Gasteiger partial charge in [0.15, 0.2) is 11.6 Å². The van der Waals surface area contributed by atoms with E-state index >= 15 is 0 Å². The Kier molecular flexibility index (Phi) is 1.51. The average molecular weight is 160 g/mol. The molecule has 0 amide bonds. The number of aromatic nitrogens is 3. The van der Waals surface area contributed by atoms with Gasteiger partial charge in [-0.3, -0.25) is 10.2 Å². The summed E-state index contributed by atoms with van der Waals surface area (Å²) in [4.78, 5) is 3.95. The SMILES string of the molecule is [O]c1ccc(-c2nc[nH]n2)cc1. The van der Waals surface area contributed by atoms with Gasteiger partial charge in [0.25, 0.3) is 0 Å². The first kappa shape index (κ1) is 6.84. The lowest BCUT2D eigenvalue weighted by molar-refractivity contribution is 0.355. The van der Waals surface area contributed by atoms with Crippen LogP contribution in [0.15, 0.2) is 30.6 Å². The van der Waals surface area contributed by atoms with Gasteiger partial charge in [0.1, 0.15) is 6.33 Å². The molecule has 0 aliphatic carbocycles. The Balaban J connectivity index is 2.43. The second-order valence-electron chi connectivity index (χ2n) is 2.35.